The molecule has 0 saturated carbocycles. The van der Waals surface area contributed by atoms with Gasteiger partial charge < -0.3 is 0 Å². The number of phenolic OH excluding ortho intramolecular Hbond substituents is 1. The third kappa shape index (κ3) is 5.23. The third-order valence-electron chi connectivity index (χ3n) is 3.99. The van der Waals surface area contributed by atoms with E-state index in [1.54, 1.807) is 0 Å². The first kappa shape index (κ1) is 17.8. The van der Waals surface area contributed by atoms with Gasteiger partial charge in [-0.3, -0.25) is 0 Å². The van der Waals surface area contributed by atoms with Gasteiger partial charge in [-0.15, -0.1) is 0 Å². The monoisotopic (exact) mass is 375 g/mol. The molecule has 0 aliphatic carbocycles. The van der Waals surface area contributed by atoms with Crippen molar-refractivity contribution in [1.82, 2.24) is 0 Å². The Kier molecular flexibility index (Phi) is 7.38. The van der Waals surface area contributed by atoms with E-state index in [1.807, 2.05) is 30.5 Å². The molecule has 0 aliphatic rings. The topological polar surface area (TPSA) is 32.6 Å². The van der Waals surface area contributed by atoms with Crippen LogP contribution in [0.2, 0.25) is 5.32 Å². The summed E-state index contributed by atoms with van der Waals surface area (Å²) in [7, 11) is 0. The van der Waals surface area contributed by atoms with E-state index < -0.39 is 0 Å². The predicted molar refractivity (Wildman–Crippen MR) is 101 cm³/mol. The van der Waals surface area contributed by atoms with Crippen molar-refractivity contribution in [3.05, 3.63) is 59.7 Å². The molecule has 0 spiro atoms. The Bertz CT molecular complexity index is 621. The number of hydrogen-bond donors (Lipinski definition) is 1. The third-order valence-corrected chi connectivity index (χ3v) is 6.07. The summed E-state index contributed by atoms with van der Waals surface area (Å²) >= 11 is 0.470. The SMILES string of the molecule is CCC(CC)c1cccc(C=NCC[Se]c2ccccc2)c1O. The molecule has 23 heavy (non-hydrogen) atoms. The molecule has 2 aromatic rings. The number of hydrogen-bond acceptors (Lipinski definition) is 2. The van der Waals surface area contributed by atoms with Gasteiger partial charge in [0, 0.05) is 0 Å². The summed E-state index contributed by atoms with van der Waals surface area (Å²) in [6.45, 7) is 5.14. The Balaban J connectivity index is 1.93. The number of phenols is 1. The van der Waals surface area contributed by atoms with Gasteiger partial charge in [0.05, 0.1) is 0 Å². The molecule has 2 rings (SSSR count). The van der Waals surface area contributed by atoms with Crippen molar-refractivity contribution in [2.45, 2.75) is 37.9 Å². The number of nitrogens with zero attached hydrogens (tertiary/aromatic N) is 1. The van der Waals surface area contributed by atoms with Gasteiger partial charge in [0.25, 0.3) is 0 Å². The van der Waals surface area contributed by atoms with E-state index in [4.69, 9.17) is 0 Å². The zero-order valence-electron chi connectivity index (χ0n) is 13.9. The van der Waals surface area contributed by atoms with Gasteiger partial charge in [-0.1, -0.05) is 0 Å². The Morgan fingerprint density at radius 1 is 1.04 bits per heavy atom. The van der Waals surface area contributed by atoms with Crippen molar-refractivity contribution in [3.63, 3.8) is 0 Å². The summed E-state index contributed by atoms with van der Waals surface area (Å²) in [4.78, 5) is 4.50. The van der Waals surface area contributed by atoms with Gasteiger partial charge in [0.2, 0.25) is 0 Å². The van der Waals surface area contributed by atoms with Gasteiger partial charge in [0.1, 0.15) is 0 Å². The number of aromatic hydroxyl groups is 1. The van der Waals surface area contributed by atoms with E-state index in [-0.39, 0.29) is 0 Å². The van der Waals surface area contributed by atoms with Crippen LogP contribution in [0.4, 0.5) is 0 Å². The molecule has 0 unspecified atom stereocenters. The second-order valence-electron chi connectivity index (χ2n) is 5.50. The van der Waals surface area contributed by atoms with E-state index in [0.29, 0.717) is 26.6 Å². The Morgan fingerprint density at radius 3 is 2.48 bits per heavy atom. The fourth-order valence-corrected chi connectivity index (χ4v) is 4.28. The van der Waals surface area contributed by atoms with Crippen molar-refractivity contribution in [2.75, 3.05) is 6.54 Å². The fraction of sp³-hybridized carbons (Fsp3) is 0.350. The maximum atomic E-state index is 10.5. The van der Waals surface area contributed by atoms with Crippen molar-refractivity contribution in [3.8, 4) is 5.75 Å². The molecule has 0 radical (unpaired) electrons. The summed E-state index contributed by atoms with van der Waals surface area (Å²) < 4.78 is 1.41. The fourth-order valence-electron chi connectivity index (χ4n) is 2.64. The van der Waals surface area contributed by atoms with Crippen LogP contribution in [0.25, 0.3) is 0 Å². The van der Waals surface area contributed by atoms with Crippen molar-refractivity contribution >= 4 is 25.6 Å². The van der Waals surface area contributed by atoms with Crippen LogP contribution in [0.15, 0.2) is 53.5 Å². The minimum absolute atomic E-state index is 0.401. The van der Waals surface area contributed by atoms with E-state index in [0.717, 1.165) is 35.8 Å². The molecular formula is C20H25NOSe. The first-order valence-electron chi connectivity index (χ1n) is 8.25. The average molecular weight is 374 g/mol. The number of para-hydroxylation sites is 1. The van der Waals surface area contributed by atoms with Crippen LogP contribution >= 0.6 is 0 Å². The minimum atomic E-state index is 0.401. The Labute approximate surface area is 145 Å². The van der Waals surface area contributed by atoms with E-state index >= 15 is 0 Å². The van der Waals surface area contributed by atoms with Gasteiger partial charge in [-0.05, 0) is 0 Å². The summed E-state index contributed by atoms with van der Waals surface area (Å²) in [6, 6.07) is 16.6. The molecule has 0 bridgehead atoms. The van der Waals surface area contributed by atoms with E-state index in [2.05, 4.69) is 43.1 Å². The molecule has 0 aliphatic heterocycles. The van der Waals surface area contributed by atoms with Crippen molar-refractivity contribution in [1.29, 1.82) is 0 Å². The Morgan fingerprint density at radius 2 is 1.78 bits per heavy atom. The van der Waals surface area contributed by atoms with Gasteiger partial charge in [-0.25, -0.2) is 0 Å². The molecular weight excluding hydrogens is 349 g/mol. The van der Waals surface area contributed by atoms with Gasteiger partial charge in [0.15, 0.2) is 0 Å². The molecule has 2 aromatic carbocycles. The second-order valence-corrected chi connectivity index (χ2v) is 7.95. The molecule has 0 saturated heterocycles. The summed E-state index contributed by atoms with van der Waals surface area (Å²) in [5, 5.41) is 11.6. The molecule has 2 nitrogen and oxygen atoms in total. The zero-order chi connectivity index (χ0) is 16.5. The summed E-state index contributed by atoms with van der Waals surface area (Å²) in [5.41, 5.74) is 1.88. The molecule has 1 N–H and O–H groups in total. The van der Waals surface area contributed by atoms with Gasteiger partial charge >= 0.3 is 146 Å². The van der Waals surface area contributed by atoms with Crippen LogP contribution in [0.3, 0.4) is 0 Å². The van der Waals surface area contributed by atoms with Crippen molar-refractivity contribution in [2.24, 2.45) is 4.99 Å². The number of aliphatic imine (C=N–C) groups is 1. The van der Waals surface area contributed by atoms with Crippen LogP contribution in [0.1, 0.15) is 43.7 Å². The van der Waals surface area contributed by atoms with Crippen LogP contribution < -0.4 is 4.46 Å². The van der Waals surface area contributed by atoms with Crippen LogP contribution in [-0.4, -0.2) is 32.8 Å². The first-order chi connectivity index (χ1) is 11.3. The average Bonchev–Trinajstić information content (AvgIpc) is 2.59. The summed E-state index contributed by atoms with van der Waals surface area (Å²) in [6.07, 6.45) is 3.91. The first-order valence-corrected chi connectivity index (χ1v) is 10.3. The standard InChI is InChI=1S/C20H25NOSe/c1-3-16(4-2)19-12-8-9-17(20(19)22)15-21-13-14-23-18-10-6-5-7-11-18/h5-12,15-16,22H,3-4,13-14H2,1-2H3. The molecule has 122 valence electrons. The molecule has 0 heterocycles. The molecule has 0 aromatic heterocycles. The maximum absolute atomic E-state index is 10.5. The van der Waals surface area contributed by atoms with E-state index in [9.17, 15) is 5.11 Å². The van der Waals surface area contributed by atoms with Crippen LogP contribution in [-0.2, 0) is 0 Å². The van der Waals surface area contributed by atoms with E-state index in [1.165, 1.54) is 4.46 Å². The number of rotatable bonds is 8. The number of benzene rings is 2. The van der Waals surface area contributed by atoms with Crippen molar-refractivity contribution < 1.29 is 5.11 Å². The normalized spacial score (nSPS) is 11.4. The second kappa shape index (κ2) is 9.54. The quantitative estimate of drug-likeness (QED) is 0.420. The van der Waals surface area contributed by atoms with Crippen LogP contribution in [0, 0.1) is 0 Å². The zero-order valence-corrected chi connectivity index (χ0v) is 15.6. The predicted octanol–water partition coefficient (Wildman–Crippen LogP) is 4.16. The van der Waals surface area contributed by atoms with Gasteiger partial charge in [-0.2, -0.15) is 0 Å². The van der Waals surface area contributed by atoms with Crippen LogP contribution in [0.5, 0.6) is 5.75 Å². The Hall–Kier alpha value is -1.57. The molecule has 0 amide bonds. The summed E-state index contributed by atoms with van der Waals surface area (Å²) in [5.74, 6) is 0.822. The molecule has 3 heteroatoms. The molecule has 0 fully saturated rings. The molecule has 0 atom stereocenters.